The van der Waals surface area contributed by atoms with Gasteiger partial charge in [0, 0.05) is 6.08 Å². The van der Waals surface area contributed by atoms with Crippen LogP contribution in [-0.2, 0) is 0 Å². The van der Waals surface area contributed by atoms with Crippen LogP contribution in [0, 0.1) is 0 Å². The molecule has 0 aliphatic carbocycles. The molecule has 0 spiro atoms. The Morgan fingerprint density at radius 3 is 1.88 bits per heavy atom. The lowest BCUT2D eigenvalue weighted by atomic mass is 10.4. The van der Waals surface area contributed by atoms with Crippen LogP contribution in [0.4, 0.5) is 0 Å². The van der Waals surface area contributed by atoms with E-state index in [0.29, 0.717) is 0 Å². The molecule has 48 valence electrons. The number of hydrogen-bond donors (Lipinski definition) is 2. The molecule has 0 aromatic rings. The number of aliphatic hydroxyl groups is 2. The Kier molecular flexibility index (Phi) is 2.44. The van der Waals surface area contributed by atoms with Gasteiger partial charge in [-0.05, 0) is 6.92 Å². The van der Waals surface area contributed by atoms with Gasteiger partial charge in [-0.2, -0.15) is 0 Å². The smallest absolute Gasteiger partial charge is 0.272 e. The highest BCUT2D eigenvalue weighted by atomic mass is 35.5. The van der Waals surface area contributed by atoms with Gasteiger partial charge >= 0.3 is 0 Å². The average Bonchev–Trinajstić information content (AvgIpc) is 1.21. The first kappa shape index (κ1) is 7.92. The summed E-state index contributed by atoms with van der Waals surface area (Å²) in [5, 5.41) is 16.3. The van der Waals surface area contributed by atoms with Crippen LogP contribution in [0.2, 0.25) is 0 Å². The quantitative estimate of drug-likeness (QED) is 0.452. The summed E-state index contributed by atoms with van der Waals surface area (Å²) in [6, 6.07) is 0. The van der Waals surface area contributed by atoms with Gasteiger partial charge in [-0.3, -0.25) is 0 Å². The predicted molar refractivity (Wildman–Crippen MR) is 33.5 cm³/mol. The fourth-order valence-corrected chi connectivity index (χ4v) is 0.422. The highest BCUT2D eigenvalue weighted by Gasteiger charge is 2.12. The molecule has 0 saturated heterocycles. The van der Waals surface area contributed by atoms with Crippen molar-refractivity contribution in [1.29, 1.82) is 0 Å². The van der Waals surface area contributed by atoms with Crippen molar-refractivity contribution < 1.29 is 10.2 Å². The zero-order chi connectivity index (χ0) is 6.78. The Morgan fingerprint density at radius 1 is 1.50 bits per heavy atom. The molecule has 0 rings (SSSR count). The summed E-state index contributed by atoms with van der Waals surface area (Å²) in [5.74, 6) is -0.863. The van der Waals surface area contributed by atoms with E-state index < -0.39 is 10.3 Å². The topological polar surface area (TPSA) is 40.5 Å². The van der Waals surface area contributed by atoms with E-state index >= 15 is 0 Å². The third-order valence-corrected chi connectivity index (χ3v) is 0.601. The predicted octanol–water partition coefficient (Wildman–Crippen LogP) is 2.14. The van der Waals surface area contributed by atoms with E-state index in [0.717, 1.165) is 6.08 Å². The second-order valence-corrected chi connectivity index (χ2v) is 3.22. The molecule has 0 fully saturated rings. The first-order chi connectivity index (χ1) is 3.42. The zero-order valence-corrected chi connectivity index (χ0v) is 5.74. The van der Waals surface area contributed by atoms with Crippen LogP contribution in [0.5, 0.6) is 0 Å². The third-order valence-electron chi connectivity index (χ3n) is 0.383. The molecule has 2 nitrogen and oxygen atoms in total. The summed E-state index contributed by atoms with van der Waals surface area (Å²) in [5.41, 5.74) is 0. The number of alkyl halides is 2. The van der Waals surface area contributed by atoms with Gasteiger partial charge in [-0.1, -0.05) is 23.2 Å². The molecule has 4 heteroatoms. The van der Waals surface area contributed by atoms with Crippen molar-refractivity contribution in [3.05, 3.63) is 12.0 Å². The Bertz CT molecular complexity index is 99.1. The van der Waals surface area contributed by atoms with Gasteiger partial charge in [-0.15, -0.1) is 0 Å². The summed E-state index contributed by atoms with van der Waals surface area (Å²) < 4.78 is -1.20. The summed E-state index contributed by atoms with van der Waals surface area (Å²) >= 11 is 10.6. The average molecular weight is 157 g/mol. The Hall–Kier alpha value is -0.0800. The van der Waals surface area contributed by atoms with Crippen LogP contribution in [0.15, 0.2) is 12.0 Å². The highest BCUT2D eigenvalue weighted by Crippen LogP contribution is 2.21. The lowest BCUT2D eigenvalue weighted by Gasteiger charge is -2.03. The normalized spacial score (nSPS) is 10.9. The van der Waals surface area contributed by atoms with E-state index in [4.69, 9.17) is 33.4 Å². The number of aliphatic hydroxyl groups excluding tert-OH is 1. The van der Waals surface area contributed by atoms with Gasteiger partial charge in [-0.25, -0.2) is 0 Å². The second-order valence-electron chi connectivity index (χ2n) is 1.46. The van der Waals surface area contributed by atoms with Crippen molar-refractivity contribution in [3.8, 4) is 0 Å². The van der Waals surface area contributed by atoms with Gasteiger partial charge < -0.3 is 10.2 Å². The molecule has 0 aliphatic rings. The first-order valence-electron chi connectivity index (χ1n) is 1.90. The Morgan fingerprint density at radius 2 is 1.88 bits per heavy atom. The number of rotatable bonds is 1. The van der Waals surface area contributed by atoms with E-state index in [1.165, 1.54) is 6.92 Å². The maximum Gasteiger partial charge on any atom is 0.272 e. The summed E-state index contributed by atoms with van der Waals surface area (Å²) in [7, 11) is 0. The molecule has 0 heterocycles. The molecular weight excluding hydrogens is 151 g/mol. The van der Waals surface area contributed by atoms with E-state index in [1.807, 2.05) is 0 Å². The van der Waals surface area contributed by atoms with Crippen molar-refractivity contribution in [2.24, 2.45) is 0 Å². The van der Waals surface area contributed by atoms with Crippen LogP contribution in [0.1, 0.15) is 6.92 Å². The highest BCUT2D eigenvalue weighted by molar-refractivity contribution is 6.49. The minimum Gasteiger partial charge on any atom is -0.481 e. The molecule has 0 saturated carbocycles. The fraction of sp³-hybridized carbons (Fsp3) is 0.500. The minimum atomic E-state index is -1.20. The molecule has 0 radical (unpaired) electrons. The molecule has 8 heavy (non-hydrogen) atoms. The van der Waals surface area contributed by atoms with E-state index in [1.54, 1.807) is 0 Å². The van der Waals surface area contributed by atoms with Crippen molar-refractivity contribution in [2.75, 3.05) is 0 Å². The third kappa shape index (κ3) is 5.92. The molecule has 0 atom stereocenters. The fourth-order valence-electron chi connectivity index (χ4n) is 0.227. The van der Waals surface area contributed by atoms with Gasteiger partial charge in [0.25, 0.3) is 5.95 Å². The van der Waals surface area contributed by atoms with Crippen LogP contribution < -0.4 is 0 Å². The molecule has 0 aromatic carbocycles. The SMILES string of the molecule is CC(Cl)(Cl)C=C(O)O. The molecule has 0 amide bonds. The summed E-state index contributed by atoms with van der Waals surface area (Å²) in [6.45, 7) is 1.42. The molecule has 2 N–H and O–H groups in total. The number of hydrogen-bond acceptors (Lipinski definition) is 2. The Labute approximate surface area is 57.3 Å². The van der Waals surface area contributed by atoms with Gasteiger partial charge in [0.15, 0.2) is 0 Å². The van der Waals surface area contributed by atoms with Crippen molar-refractivity contribution in [1.82, 2.24) is 0 Å². The van der Waals surface area contributed by atoms with E-state index in [-0.39, 0.29) is 0 Å². The van der Waals surface area contributed by atoms with Crippen LogP contribution in [-0.4, -0.2) is 14.5 Å². The first-order valence-corrected chi connectivity index (χ1v) is 2.66. The maximum absolute atomic E-state index is 8.14. The number of halogens is 2. The largest absolute Gasteiger partial charge is 0.481 e. The molecule has 0 unspecified atom stereocenters. The monoisotopic (exact) mass is 156 g/mol. The zero-order valence-electron chi connectivity index (χ0n) is 4.23. The van der Waals surface area contributed by atoms with Crippen LogP contribution in [0.25, 0.3) is 0 Å². The second kappa shape index (κ2) is 2.46. The Balaban J connectivity index is 3.89. The molecular formula is C4H6Cl2O2. The van der Waals surface area contributed by atoms with Gasteiger partial charge in [0.2, 0.25) is 0 Å². The maximum atomic E-state index is 8.14. The summed E-state index contributed by atoms with van der Waals surface area (Å²) in [4.78, 5) is 0. The molecule has 0 bridgehead atoms. The standard InChI is InChI=1S/C4H6Cl2O2/c1-4(5,6)2-3(7)8/h2,7-8H,1H3. The van der Waals surface area contributed by atoms with Gasteiger partial charge in [0.05, 0.1) is 0 Å². The van der Waals surface area contributed by atoms with Crippen molar-refractivity contribution >= 4 is 23.2 Å². The minimum absolute atomic E-state index is 0.863. The molecule has 0 aromatic heterocycles. The van der Waals surface area contributed by atoms with E-state index in [2.05, 4.69) is 0 Å². The van der Waals surface area contributed by atoms with Crippen LogP contribution in [0.3, 0.4) is 0 Å². The van der Waals surface area contributed by atoms with Crippen LogP contribution >= 0.6 is 23.2 Å². The molecule has 0 aliphatic heterocycles. The number of allylic oxidation sites excluding steroid dienone is 1. The van der Waals surface area contributed by atoms with Crippen molar-refractivity contribution in [2.45, 2.75) is 11.3 Å². The van der Waals surface area contributed by atoms with Gasteiger partial charge in [0.1, 0.15) is 4.33 Å². The lowest BCUT2D eigenvalue weighted by Crippen LogP contribution is -2.01. The lowest BCUT2D eigenvalue weighted by molar-refractivity contribution is 0.189. The van der Waals surface area contributed by atoms with Crippen molar-refractivity contribution in [3.63, 3.8) is 0 Å². The van der Waals surface area contributed by atoms with E-state index in [9.17, 15) is 0 Å². The summed E-state index contributed by atoms with van der Waals surface area (Å²) in [6.07, 6.45) is 0.913.